The van der Waals surface area contributed by atoms with Gasteiger partial charge in [-0.25, -0.2) is 4.98 Å². The molecule has 1 heterocycles. The number of aromatic nitrogens is 1. The van der Waals surface area contributed by atoms with Crippen LogP contribution in [0.15, 0.2) is 10.6 Å². The highest BCUT2D eigenvalue weighted by Crippen LogP contribution is 2.08. The Morgan fingerprint density at radius 2 is 2.50 bits per heavy atom. The predicted molar refractivity (Wildman–Crippen MR) is 29.4 cm³/mol. The summed E-state index contributed by atoms with van der Waals surface area (Å²) in [5.74, 6) is 1.13. The van der Waals surface area contributed by atoms with Crippen LogP contribution in [0, 0.1) is 6.26 Å². The Morgan fingerprint density at radius 3 is 2.75 bits per heavy atom. The molecule has 0 aliphatic heterocycles. The third-order valence-electron chi connectivity index (χ3n) is 0.902. The summed E-state index contributed by atoms with van der Waals surface area (Å²) in [4.78, 5) is 3.89. The van der Waals surface area contributed by atoms with Gasteiger partial charge in [0.05, 0.1) is 6.20 Å². The van der Waals surface area contributed by atoms with E-state index in [-0.39, 0.29) is 0 Å². The molecule has 1 rings (SSSR count). The number of hydrogen-bond acceptors (Lipinski definition) is 2. The van der Waals surface area contributed by atoms with Crippen molar-refractivity contribution in [3.63, 3.8) is 0 Å². The van der Waals surface area contributed by atoms with Crippen molar-refractivity contribution >= 4 is 0 Å². The van der Waals surface area contributed by atoms with E-state index in [0.717, 1.165) is 5.89 Å². The molecule has 0 saturated carbocycles. The lowest BCUT2D eigenvalue weighted by Crippen LogP contribution is -1.83. The van der Waals surface area contributed by atoms with Crippen molar-refractivity contribution in [1.82, 2.24) is 4.98 Å². The monoisotopic (exact) mass is 110 g/mol. The van der Waals surface area contributed by atoms with Gasteiger partial charge in [-0.2, -0.15) is 0 Å². The Hall–Kier alpha value is -0.790. The van der Waals surface area contributed by atoms with Crippen molar-refractivity contribution in [2.75, 3.05) is 0 Å². The largest absolute Gasteiger partial charge is 0.437 e. The van der Waals surface area contributed by atoms with E-state index in [0.29, 0.717) is 5.92 Å². The van der Waals surface area contributed by atoms with Gasteiger partial charge in [0.2, 0.25) is 0 Å². The summed E-state index contributed by atoms with van der Waals surface area (Å²) >= 11 is 0. The van der Waals surface area contributed by atoms with Crippen molar-refractivity contribution in [3.8, 4) is 0 Å². The third-order valence-corrected chi connectivity index (χ3v) is 0.902. The summed E-state index contributed by atoms with van der Waals surface area (Å²) in [5.41, 5.74) is 0. The number of rotatable bonds is 1. The van der Waals surface area contributed by atoms with E-state index in [1.807, 2.05) is 13.8 Å². The average molecular weight is 110 g/mol. The van der Waals surface area contributed by atoms with E-state index >= 15 is 0 Å². The highest BCUT2D eigenvalue weighted by molar-refractivity contribution is 4.84. The van der Waals surface area contributed by atoms with E-state index in [9.17, 15) is 0 Å². The first-order valence-corrected chi connectivity index (χ1v) is 2.62. The standard InChI is InChI=1S/C6H8NO/c1-5(2)6-7-3-4-8-6/h3,5H,1-2H3. The van der Waals surface area contributed by atoms with Gasteiger partial charge >= 0.3 is 0 Å². The molecule has 0 saturated heterocycles. The van der Waals surface area contributed by atoms with E-state index in [2.05, 4.69) is 11.2 Å². The molecule has 0 aliphatic carbocycles. The lowest BCUT2D eigenvalue weighted by molar-refractivity contribution is 0.465. The summed E-state index contributed by atoms with van der Waals surface area (Å²) in [6.45, 7) is 4.05. The van der Waals surface area contributed by atoms with Crippen LogP contribution in [0.4, 0.5) is 0 Å². The van der Waals surface area contributed by atoms with Crippen LogP contribution in [0.2, 0.25) is 0 Å². The Bertz CT molecular complexity index is 144. The molecule has 0 atom stereocenters. The highest BCUT2D eigenvalue weighted by atomic mass is 16.3. The summed E-state index contributed by atoms with van der Waals surface area (Å²) in [6, 6.07) is 0. The molecule has 0 N–H and O–H groups in total. The molecule has 43 valence electrons. The van der Waals surface area contributed by atoms with Crippen LogP contribution in [0.5, 0.6) is 0 Å². The Balaban J connectivity index is 2.77. The van der Waals surface area contributed by atoms with Crippen LogP contribution >= 0.6 is 0 Å². The van der Waals surface area contributed by atoms with Crippen molar-refractivity contribution < 1.29 is 4.42 Å². The van der Waals surface area contributed by atoms with Gasteiger partial charge in [-0.3, -0.25) is 0 Å². The molecule has 1 aromatic heterocycles. The molecule has 0 bridgehead atoms. The van der Waals surface area contributed by atoms with Gasteiger partial charge in [-0.1, -0.05) is 13.8 Å². The summed E-state index contributed by atoms with van der Waals surface area (Å²) in [7, 11) is 0. The van der Waals surface area contributed by atoms with Gasteiger partial charge in [0.1, 0.15) is 0 Å². The van der Waals surface area contributed by atoms with Crippen LogP contribution < -0.4 is 0 Å². The van der Waals surface area contributed by atoms with Crippen molar-refractivity contribution in [3.05, 3.63) is 18.4 Å². The minimum Gasteiger partial charge on any atom is -0.437 e. The highest BCUT2D eigenvalue weighted by Gasteiger charge is 2.00. The smallest absolute Gasteiger partial charge is 0.197 e. The molecular formula is C6H8NO. The molecule has 1 aromatic rings. The molecule has 0 aliphatic rings. The molecule has 0 spiro atoms. The van der Waals surface area contributed by atoms with Crippen molar-refractivity contribution in [1.29, 1.82) is 0 Å². The second-order valence-electron chi connectivity index (χ2n) is 1.97. The second-order valence-corrected chi connectivity index (χ2v) is 1.97. The third kappa shape index (κ3) is 0.886. The predicted octanol–water partition coefficient (Wildman–Crippen LogP) is 1.60. The number of hydrogen-bond donors (Lipinski definition) is 0. The maximum atomic E-state index is 4.86. The van der Waals surface area contributed by atoms with Crippen molar-refractivity contribution in [2.24, 2.45) is 0 Å². The average Bonchev–Trinajstić information content (AvgIpc) is 2.12. The van der Waals surface area contributed by atoms with Gasteiger partial charge in [0.25, 0.3) is 0 Å². The van der Waals surface area contributed by atoms with E-state index in [1.54, 1.807) is 0 Å². The quantitative estimate of drug-likeness (QED) is 0.548. The summed E-state index contributed by atoms with van der Waals surface area (Å²) in [5, 5.41) is 0. The summed E-state index contributed by atoms with van der Waals surface area (Å²) < 4.78 is 4.86. The first-order chi connectivity index (χ1) is 3.80. The lowest BCUT2D eigenvalue weighted by Gasteiger charge is -1.92. The van der Waals surface area contributed by atoms with Crippen molar-refractivity contribution in [2.45, 2.75) is 19.8 Å². The van der Waals surface area contributed by atoms with Gasteiger partial charge < -0.3 is 4.42 Å². The normalized spacial score (nSPS) is 10.4. The first-order valence-electron chi connectivity index (χ1n) is 2.62. The molecule has 0 amide bonds. The zero-order valence-corrected chi connectivity index (χ0v) is 5.01. The lowest BCUT2D eigenvalue weighted by atomic mass is 10.2. The Morgan fingerprint density at radius 1 is 1.75 bits per heavy atom. The van der Waals surface area contributed by atoms with Crippen LogP contribution in [-0.2, 0) is 0 Å². The fourth-order valence-corrected chi connectivity index (χ4v) is 0.470. The number of oxazole rings is 1. The van der Waals surface area contributed by atoms with Crippen LogP contribution in [0.1, 0.15) is 25.7 Å². The van der Waals surface area contributed by atoms with Crippen LogP contribution in [0.25, 0.3) is 0 Å². The fourth-order valence-electron chi connectivity index (χ4n) is 0.470. The van der Waals surface area contributed by atoms with Gasteiger partial charge in [0, 0.05) is 5.92 Å². The zero-order chi connectivity index (χ0) is 5.98. The molecule has 8 heavy (non-hydrogen) atoms. The molecule has 0 aromatic carbocycles. The maximum absolute atomic E-state index is 4.86. The zero-order valence-electron chi connectivity index (χ0n) is 5.01. The molecule has 0 unspecified atom stereocenters. The molecule has 0 fully saturated rings. The fraction of sp³-hybridized carbons (Fsp3) is 0.500. The number of nitrogens with zero attached hydrogens (tertiary/aromatic N) is 1. The van der Waals surface area contributed by atoms with Gasteiger partial charge in [-0.05, 0) is 0 Å². The van der Waals surface area contributed by atoms with Gasteiger partial charge in [0.15, 0.2) is 12.2 Å². The van der Waals surface area contributed by atoms with Crippen LogP contribution in [-0.4, -0.2) is 4.98 Å². The topological polar surface area (TPSA) is 26.0 Å². The van der Waals surface area contributed by atoms with Crippen LogP contribution in [0.3, 0.4) is 0 Å². The molecular weight excluding hydrogens is 102 g/mol. The summed E-state index contributed by atoms with van der Waals surface area (Å²) in [6.07, 6.45) is 4.06. The SMILES string of the molecule is CC(C)c1nc[c]o1. The second kappa shape index (κ2) is 1.99. The Labute approximate surface area is 48.5 Å². The maximum Gasteiger partial charge on any atom is 0.197 e. The van der Waals surface area contributed by atoms with E-state index in [1.165, 1.54) is 6.20 Å². The Kier molecular flexibility index (Phi) is 1.33. The molecule has 1 radical (unpaired) electrons. The first kappa shape index (κ1) is 5.35. The van der Waals surface area contributed by atoms with E-state index < -0.39 is 0 Å². The minimum absolute atomic E-state index is 0.376. The minimum atomic E-state index is 0.376. The molecule has 2 nitrogen and oxygen atoms in total. The van der Waals surface area contributed by atoms with Gasteiger partial charge in [-0.15, -0.1) is 0 Å². The van der Waals surface area contributed by atoms with E-state index in [4.69, 9.17) is 4.42 Å². The molecule has 2 heteroatoms.